The second-order valence-corrected chi connectivity index (χ2v) is 4.80. The first-order valence-electron chi connectivity index (χ1n) is 5.40. The van der Waals surface area contributed by atoms with Crippen molar-refractivity contribution >= 4 is 15.9 Å². The van der Waals surface area contributed by atoms with Gasteiger partial charge in [0.25, 0.3) is 0 Å². The van der Waals surface area contributed by atoms with Crippen LogP contribution in [0.25, 0.3) is 0 Å². The van der Waals surface area contributed by atoms with Gasteiger partial charge in [0.15, 0.2) is 0 Å². The molecule has 0 spiro atoms. The van der Waals surface area contributed by atoms with Crippen molar-refractivity contribution in [2.45, 2.75) is 12.6 Å². The molecule has 0 bridgehead atoms. The Kier molecular flexibility index (Phi) is 4.16. The lowest BCUT2D eigenvalue weighted by atomic mass is 10.1. The van der Waals surface area contributed by atoms with E-state index in [1.165, 1.54) is 6.07 Å². The minimum absolute atomic E-state index is 0.351. The van der Waals surface area contributed by atoms with E-state index in [1.807, 2.05) is 0 Å². The van der Waals surface area contributed by atoms with Crippen molar-refractivity contribution in [2.24, 2.45) is 5.73 Å². The van der Waals surface area contributed by atoms with Crippen LogP contribution in [0.2, 0.25) is 0 Å². The highest BCUT2D eigenvalue weighted by Gasteiger charge is 2.17. The van der Waals surface area contributed by atoms with Crippen molar-refractivity contribution in [1.29, 1.82) is 0 Å². The third-order valence-electron chi connectivity index (χ3n) is 2.57. The highest BCUT2D eigenvalue weighted by Crippen LogP contribution is 2.26. The summed E-state index contributed by atoms with van der Waals surface area (Å²) < 4.78 is 24.9. The first-order valence-corrected chi connectivity index (χ1v) is 6.19. The van der Waals surface area contributed by atoms with Gasteiger partial charge in [-0.05, 0) is 30.3 Å². The largest absolute Gasteiger partial charge is 0.462 e. The number of halogens is 2. The SMILES string of the molecule is COCc1ccc(C(N)c2cc(Br)ccc2F)o1. The number of ether oxygens (including phenoxy) is 1. The maximum absolute atomic E-state index is 13.7. The van der Waals surface area contributed by atoms with E-state index >= 15 is 0 Å². The summed E-state index contributed by atoms with van der Waals surface area (Å²) in [4.78, 5) is 0. The van der Waals surface area contributed by atoms with Gasteiger partial charge in [0, 0.05) is 17.1 Å². The Morgan fingerprint density at radius 2 is 2.17 bits per heavy atom. The zero-order valence-corrected chi connectivity index (χ0v) is 11.4. The van der Waals surface area contributed by atoms with Crippen LogP contribution in [0, 0.1) is 5.82 Å². The number of methoxy groups -OCH3 is 1. The van der Waals surface area contributed by atoms with Gasteiger partial charge in [-0.15, -0.1) is 0 Å². The molecule has 96 valence electrons. The van der Waals surface area contributed by atoms with E-state index in [2.05, 4.69) is 15.9 Å². The van der Waals surface area contributed by atoms with Crippen LogP contribution in [0.15, 0.2) is 39.2 Å². The lowest BCUT2D eigenvalue weighted by Crippen LogP contribution is -2.12. The Bertz CT molecular complexity index is 542. The molecule has 1 heterocycles. The van der Waals surface area contributed by atoms with Crippen LogP contribution in [0.5, 0.6) is 0 Å². The summed E-state index contributed by atoms with van der Waals surface area (Å²) >= 11 is 3.29. The van der Waals surface area contributed by atoms with Crippen LogP contribution in [0.4, 0.5) is 4.39 Å². The van der Waals surface area contributed by atoms with Crippen LogP contribution in [-0.2, 0) is 11.3 Å². The fourth-order valence-corrected chi connectivity index (χ4v) is 2.07. The lowest BCUT2D eigenvalue weighted by Gasteiger charge is -2.10. The lowest BCUT2D eigenvalue weighted by molar-refractivity contribution is 0.162. The smallest absolute Gasteiger partial charge is 0.129 e. The third-order valence-corrected chi connectivity index (χ3v) is 3.06. The van der Waals surface area contributed by atoms with Crippen LogP contribution in [0.1, 0.15) is 23.1 Å². The van der Waals surface area contributed by atoms with E-state index < -0.39 is 6.04 Å². The highest BCUT2D eigenvalue weighted by molar-refractivity contribution is 9.10. The molecule has 5 heteroatoms. The summed E-state index contributed by atoms with van der Waals surface area (Å²) in [6, 6.07) is 7.53. The quantitative estimate of drug-likeness (QED) is 0.941. The molecule has 1 aromatic heterocycles. The maximum Gasteiger partial charge on any atom is 0.129 e. The number of hydrogen-bond donors (Lipinski definition) is 1. The van der Waals surface area contributed by atoms with Gasteiger partial charge in [0.2, 0.25) is 0 Å². The van der Waals surface area contributed by atoms with E-state index in [1.54, 1.807) is 31.4 Å². The fraction of sp³-hybridized carbons (Fsp3) is 0.231. The van der Waals surface area contributed by atoms with Crippen LogP contribution in [0.3, 0.4) is 0 Å². The first-order chi connectivity index (χ1) is 8.61. The predicted molar refractivity (Wildman–Crippen MR) is 69.6 cm³/mol. The minimum Gasteiger partial charge on any atom is -0.462 e. The molecule has 0 saturated heterocycles. The molecule has 1 aromatic carbocycles. The Morgan fingerprint density at radius 3 is 2.89 bits per heavy atom. The number of rotatable bonds is 4. The van der Waals surface area contributed by atoms with Crippen molar-refractivity contribution in [3.63, 3.8) is 0 Å². The predicted octanol–water partition coefficient (Wildman–Crippen LogP) is 3.38. The molecule has 3 nitrogen and oxygen atoms in total. The summed E-state index contributed by atoms with van der Waals surface area (Å²) in [5.74, 6) is 0.827. The first kappa shape index (κ1) is 13.3. The summed E-state index contributed by atoms with van der Waals surface area (Å²) in [6.45, 7) is 0.369. The average molecular weight is 314 g/mol. The van der Waals surface area contributed by atoms with Gasteiger partial charge in [-0.1, -0.05) is 15.9 Å². The molecule has 0 saturated carbocycles. The zero-order valence-electron chi connectivity index (χ0n) is 9.82. The van der Waals surface area contributed by atoms with Crippen molar-refractivity contribution in [3.05, 3.63) is 57.7 Å². The van der Waals surface area contributed by atoms with Crippen molar-refractivity contribution in [3.8, 4) is 0 Å². The fourth-order valence-electron chi connectivity index (χ4n) is 1.69. The molecular weight excluding hydrogens is 301 g/mol. The molecule has 0 amide bonds. The topological polar surface area (TPSA) is 48.4 Å². The summed E-state index contributed by atoms with van der Waals surface area (Å²) in [7, 11) is 1.58. The average Bonchev–Trinajstić information content (AvgIpc) is 2.80. The summed E-state index contributed by atoms with van der Waals surface area (Å²) in [5, 5.41) is 0. The molecule has 2 rings (SSSR count). The van der Waals surface area contributed by atoms with Crippen LogP contribution >= 0.6 is 15.9 Å². The molecule has 18 heavy (non-hydrogen) atoms. The van der Waals surface area contributed by atoms with E-state index in [9.17, 15) is 4.39 Å². The summed E-state index contributed by atoms with van der Waals surface area (Å²) in [5.41, 5.74) is 6.39. The van der Waals surface area contributed by atoms with Crippen LogP contribution in [-0.4, -0.2) is 7.11 Å². The number of nitrogens with two attached hydrogens (primary N) is 1. The normalized spacial score (nSPS) is 12.7. The molecule has 0 aliphatic heterocycles. The monoisotopic (exact) mass is 313 g/mol. The molecule has 0 fully saturated rings. The van der Waals surface area contributed by atoms with Gasteiger partial charge in [-0.25, -0.2) is 4.39 Å². The van der Waals surface area contributed by atoms with Gasteiger partial charge in [-0.3, -0.25) is 0 Å². The Morgan fingerprint density at radius 1 is 1.39 bits per heavy atom. The third kappa shape index (κ3) is 2.80. The minimum atomic E-state index is -0.631. The molecule has 2 N–H and O–H groups in total. The second kappa shape index (κ2) is 5.65. The number of benzene rings is 1. The van der Waals surface area contributed by atoms with E-state index in [-0.39, 0.29) is 5.82 Å². The Balaban J connectivity index is 2.29. The highest BCUT2D eigenvalue weighted by atomic mass is 79.9. The number of furan rings is 1. The standard InChI is InChI=1S/C13H13BrFNO2/c1-17-7-9-3-5-12(18-9)13(16)10-6-8(14)2-4-11(10)15/h2-6,13H,7,16H2,1H3. The number of hydrogen-bond acceptors (Lipinski definition) is 3. The molecule has 0 aliphatic carbocycles. The molecular formula is C13H13BrFNO2. The van der Waals surface area contributed by atoms with Gasteiger partial charge < -0.3 is 14.9 Å². The maximum atomic E-state index is 13.7. The Labute approximate surface area is 113 Å². The second-order valence-electron chi connectivity index (χ2n) is 3.88. The molecule has 1 atom stereocenters. The van der Waals surface area contributed by atoms with Crippen LogP contribution < -0.4 is 5.73 Å². The van der Waals surface area contributed by atoms with E-state index in [0.717, 1.165) is 4.47 Å². The van der Waals surface area contributed by atoms with Crippen molar-refractivity contribution < 1.29 is 13.5 Å². The molecule has 0 aliphatic rings. The van der Waals surface area contributed by atoms with Gasteiger partial charge >= 0.3 is 0 Å². The zero-order chi connectivity index (χ0) is 13.1. The van der Waals surface area contributed by atoms with Gasteiger partial charge in [0.1, 0.15) is 23.9 Å². The van der Waals surface area contributed by atoms with Crippen molar-refractivity contribution in [1.82, 2.24) is 0 Å². The molecule has 2 aromatic rings. The van der Waals surface area contributed by atoms with Gasteiger partial charge in [-0.2, -0.15) is 0 Å². The van der Waals surface area contributed by atoms with Crippen molar-refractivity contribution in [2.75, 3.05) is 7.11 Å². The van der Waals surface area contributed by atoms with E-state index in [0.29, 0.717) is 23.7 Å². The Hall–Kier alpha value is -1.17. The molecule has 1 unspecified atom stereocenters. The van der Waals surface area contributed by atoms with E-state index in [4.69, 9.17) is 14.9 Å². The van der Waals surface area contributed by atoms with Gasteiger partial charge in [0.05, 0.1) is 6.04 Å². The summed E-state index contributed by atoms with van der Waals surface area (Å²) in [6.07, 6.45) is 0. The molecule has 0 radical (unpaired) electrons.